The molecule has 0 aliphatic carbocycles. The van der Waals surface area contributed by atoms with E-state index in [2.05, 4.69) is 36.7 Å². The first-order chi connectivity index (χ1) is 13.6. The van der Waals surface area contributed by atoms with Crippen LogP contribution in [0.4, 0.5) is 5.95 Å². The fourth-order valence-electron chi connectivity index (χ4n) is 2.34. The van der Waals surface area contributed by atoms with E-state index in [1.165, 1.54) is 4.68 Å². The van der Waals surface area contributed by atoms with Crippen molar-refractivity contribution in [3.8, 4) is 11.5 Å². The lowest BCUT2D eigenvalue weighted by Gasteiger charge is -2.12. The monoisotopic (exact) mass is 444 g/mol. The first-order valence-corrected chi connectivity index (χ1v) is 9.46. The minimum absolute atomic E-state index is 0.355. The Kier molecular flexibility index (Phi) is 6.49. The lowest BCUT2D eigenvalue weighted by molar-refractivity contribution is 0.269. The second-order valence-corrected chi connectivity index (χ2v) is 6.78. The van der Waals surface area contributed by atoms with Crippen molar-refractivity contribution < 1.29 is 9.47 Å². The maximum Gasteiger partial charge on any atom is 0.263 e. The molecule has 0 fully saturated rings. The van der Waals surface area contributed by atoms with Gasteiger partial charge in [-0.1, -0.05) is 28.1 Å². The van der Waals surface area contributed by atoms with Crippen molar-refractivity contribution in [2.75, 3.05) is 17.9 Å². The second-order valence-electron chi connectivity index (χ2n) is 5.87. The second kappa shape index (κ2) is 9.23. The molecule has 3 aromatic rings. The summed E-state index contributed by atoms with van der Waals surface area (Å²) in [4.78, 5) is 0. The number of aromatic nitrogens is 3. The molecule has 8 nitrogen and oxygen atoms in total. The minimum Gasteiger partial charge on any atom is -0.490 e. The summed E-state index contributed by atoms with van der Waals surface area (Å²) in [6, 6.07) is 13.6. The van der Waals surface area contributed by atoms with Crippen LogP contribution in [0, 0.1) is 6.92 Å². The molecule has 0 spiro atoms. The number of halogens is 1. The summed E-state index contributed by atoms with van der Waals surface area (Å²) in [5.74, 6) is 8.04. The van der Waals surface area contributed by atoms with Gasteiger partial charge in [0, 0.05) is 4.47 Å². The van der Waals surface area contributed by atoms with E-state index in [1.807, 2.05) is 49.4 Å². The maximum atomic E-state index is 5.92. The molecule has 0 aliphatic rings. The lowest BCUT2D eigenvalue weighted by atomic mass is 10.2. The average molecular weight is 445 g/mol. The van der Waals surface area contributed by atoms with Gasteiger partial charge in [-0.05, 0) is 55.3 Å². The van der Waals surface area contributed by atoms with Gasteiger partial charge in [-0.3, -0.25) is 0 Å². The van der Waals surface area contributed by atoms with Crippen molar-refractivity contribution in [2.24, 2.45) is 5.10 Å². The number of ether oxygens (including phenoxy) is 2. The molecule has 0 saturated heterocycles. The van der Waals surface area contributed by atoms with E-state index in [1.54, 1.807) is 13.1 Å². The fourth-order valence-corrected chi connectivity index (χ4v) is 2.61. The van der Waals surface area contributed by atoms with Gasteiger partial charge in [0.1, 0.15) is 6.61 Å². The van der Waals surface area contributed by atoms with Crippen molar-refractivity contribution in [1.82, 2.24) is 14.9 Å². The van der Waals surface area contributed by atoms with Crippen molar-refractivity contribution >= 4 is 28.1 Å². The number of hydrazone groups is 1. The molecule has 3 rings (SSSR count). The van der Waals surface area contributed by atoms with Gasteiger partial charge in [-0.25, -0.2) is 10.1 Å². The molecule has 2 aromatic carbocycles. The van der Waals surface area contributed by atoms with Crippen molar-refractivity contribution in [1.29, 1.82) is 0 Å². The van der Waals surface area contributed by atoms with E-state index in [-0.39, 0.29) is 0 Å². The Morgan fingerprint density at radius 2 is 1.93 bits per heavy atom. The number of nitrogens with zero attached hydrogens (tertiary/aromatic N) is 4. The predicted octanol–water partition coefficient (Wildman–Crippen LogP) is 3.49. The molecule has 3 N–H and O–H groups in total. The Morgan fingerprint density at radius 1 is 1.14 bits per heavy atom. The Hall–Kier alpha value is -3.07. The highest BCUT2D eigenvalue weighted by Gasteiger charge is 2.07. The molecular weight excluding hydrogens is 424 g/mol. The number of hydrogen-bond donors (Lipinski definition) is 2. The third-order valence-corrected chi connectivity index (χ3v) is 4.35. The number of nitrogens with two attached hydrogens (primary N) is 1. The molecule has 146 valence electrons. The highest BCUT2D eigenvalue weighted by molar-refractivity contribution is 9.10. The normalized spacial score (nSPS) is 11.0. The summed E-state index contributed by atoms with van der Waals surface area (Å²) in [6.07, 6.45) is 1.64. The number of nitrogens with one attached hydrogen (secondary N) is 1. The smallest absolute Gasteiger partial charge is 0.263 e. The quantitative estimate of drug-likeness (QED) is 0.313. The molecule has 0 amide bonds. The molecule has 1 heterocycles. The Morgan fingerprint density at radius 3 is 2.61 bits per heavy atom. The van der Waals surface area contributed by atoms with E-state index in [0.717, 1.165) is 15.6 Å². The molecular formula is C19H21BrN6O2. The predicted molar refractivity (Wildman–Crippen MR) is 112 cm³/mol. The number of hydrogen-bond acceptors (Lipinski definition) is 7. The van der Waals surface area contributed by atoms with Gasteiger partial charge in [0.2, 0.25) is 0 Å². The largest absolute Gasteiger partial charge is 0.490 e. The Bertz CT molecular complexity index is 956. The van der Waals surface area contributed by atoms with Crippen LogP contribution < -0.4 is 20.7 Å². The molecule has 0 bridgehead atoms. The Labute approximate surface area is 171 Å². The minimum atomic E-state index is 0.355. The number of nitrogen functional groups attached to an aromatic ring is 1. The van der Waals surface area contributed by atoms with E-state index in [9.17, 15) is 0 Å². The third-order valence-electron chi connectivity index (χ3n) is 3.82. The molecule has 9 heteroatoms. The number of anilines is 1. The molecule has 1 aromatic heterocycles. The zero-order valence-electron chi connectivity index (χ0n) is 15.6. The van der Waals surface area contributed by atoms with Gasteiger partial charge in [-0.2, -0.15) is 5.10 Å². The van der Waals surface area contributed by atoms with Crippen molar-refractivity contribution in [2.45, 2.75) is 20.5 Å². The third kappa shape index (κ3) is 5.01. The molecule has 0 saturated carbocycles. The molecule has 0 aliphatic heterocycles. The lowest BCUT2D eigenvalue weighted by Crippen LogP contribution is -2.13. The van der Waals surface area contributed by atoms with Crippen LogP contribution >= 0.6 is 15.9 Å². The number of rotatable bonds is 8. The summed E-state index contributed by atoms with van der Waals surface area (Å²) in [7, 11) is 0. The zero-order valence-corrected chi connectivity index (χ0v) is 17.2. The maximum absolute atomic E-state index is 5.92. The van der Waals surface area contributed by atoms with Gasteiger partial charge in [0.25, 0.3) is 5.95 Å². The van der Waals surface area contributed by atoms with Gasteiger partial charge >= 0.3 is 0 Å². The van der Waals surface area contributed by atoms with Crippen molar-refractivity contribution in [3.05, 3.63) is 63.9 Å². The van der Waals surface area contributed by atoms with Crippen LogP contribution in [0.2, 0.25) is 0 Å². The van der Waals surface area contributed by atoms with Gasteiger partial charge in [-0.15, -0.1) is 10.2 Å². The zero-order chi connectivity index (χ0) is 19.9. The van der Waals surface area contributed by atoms with Crippen LogP contribution in [0.1, 0.15) is 23.9 Å². The molecule has 0 unspecified atom stereocenters. The van der Waals surface area contributed by atoms with Crippen LogP contribution in [0.25, 0.3) is 0 Å². The van der Waals surface area contributed by atoms with Crippen LogP contribution in [0.5, 0.6) is 11.5 Å². The molecule has 0 radical (unpaired) electrons. The Balaban J connectivity index is 1.68. The van der Waals surface area contributed by atoms with E-state index in [4.69, 9.17) is 15.3 Å². The summed E-state index contributed by atoms with van der Waals surface area (Å²) < 4.78 is 14.0. The molecule has 28 heavy (non-hydrogen) atoms. The van der Waals surface area contributed by atoms with E-state index < -0.39 is 0 Å². The van der Waals surface area contributed by atoms with E-state index >= 15 is 0 Å². The number of aryl methyl sites for hydroxylation is 1. The number of benzene rings is 2. The standard InChI is InChI=1S/C19H21BrN6O2/c1-3-27-18-10-15(11-22-24-19-25-23-13(2)26(19)21)6-9-17(18)28-12-14-4-7-16(20)8-5-14/h4-11H,3,12,21H2,1-2H3,(H,24,25). The van der Waals surface area contributed by atoms with Gasteiger partial charge in [0.05, 0.1) is 12.8 Å². The van der Waals surface area contributed by atoms with Crippen LogP contribution in [-0.4, -0.2) is 27.7 Å². The van der Waals surface area contributed by atoms with Crippen LogP contribution in [0.15, 0.2) is 52.0 Å². The highest BCUT2D eigenvalue weighted by Crippen LogP contribution is 2.29. The van der Waals surface area contributed by atoms with Crippen LogP contribution in [0.3, 0.4) is 0 Å². The SMILES string of the molecule is CCOc1cc(C=NNc2nnc(C)n2N)ccc1OCc1ccc(Br)cc1. The first kappa shape index (κ1) is 19.7. The van der Waals surface area contributed by atoms with E-state index in [0.29, 0.717) is 36.5 Å². The average Bonchev–Trinajstić information content (AvgIpc) is 3.01. The summed E-state index contributed by atoms with van der Waals surface area (Å²) in [6.45, 7) is 4.66. The summed E-state index contributed by atoms with van der Waals surface area (Å²) in [5.41, 5.74) is 4.67. The van der Waals surface area contributed by atoms with Gasteiger partial charge in [0.15, 0.2) is 17.3 Å². The van der Waals surface area contributed by atoms with Crippen molar-refractivity contribution in [3.63, 3.8) is 0 Å². The topological polar surface area (TPSA) is 99.6 Å². The highest BCUT2D eigenvalue weighted by atomic mass is 79.9. The summed E-state index contributed by atoms with van der Waals surface area (Å²) in [5, 5.41) is 11.9. The molecule has 0 atom stereocenters. The van der Waals surface area contributed by atoms with Crippen LogP contribution in [-0.2, 0) is 6.61 Å². The fraction of sp³-hybridized carbons (Fsp3) is 0.211. The van der Waals surface area contributed by atoms with Gasteiger partial charge < -0.3 is 15.3 Å². The first-order valence-electron chi connectivity index (χ1n) is 8.67. The summed E-state index contributed by atoms with van der Waals surface area (Å²) >= 11 is 3.43.